The van der Waals surface area contributed by atoms with Crippen molar-refractivity contribution in [2.45, 2.75) is 44.2 Å². The Balaban J connectivity index is 1.52. The second kappa shape index (κ2) is 9.40. The Morgan fingerprint density at radius 1 is 1.06 bits per heavy atom. The first-order valence-electron chi connectivity index (χ1n) is 11.6. The molecule has 5 rings (SSSR count). The summed E-state index contributed by atoms with van der Waals surface area (Å²) in [5.74, 6) is 1.04. The molecule has 4 heterocycles. The van der Waals surface area contributed by atoms with Crippen LogP contribution in [0.25, 0.3) is 22.3 Å². The van der Waals surface area contributed by atoms with Gasteiger partial charge in [0.25, 0.3) is 0 Å². The van der Waals surface area contributed by atoms with Crippen LogP contribution >= 0.6 is 0 Å². The lowest BCUT2D eigenvalue weighted by Crippen LogP contribution is -2.19. The molecule has 2 saturated heterocycles. The zero-order chi connectivity index (χ0) is 21.9. The molecule has 1 aromatic carbocycles. The highest BCUT2D eigenvalue weighted by molar-refractivity contribution is 5.79. The van der Waals surface area contributed by atoms with Crippen molar-refractivity contribution < 1.29 is 9.84 Å². The predicted octanol–water partition coefficient (Wildman–Crippen LogP) is 3.51. The number of nitrogens with two attached hydrogens (primary N) is 1. The molecule has 4 N–H and O–H groups in total. The Hall–Kier alpha value is -2.74. The zero-order valence-corrected chi connectivity index (χ0v) is 18.3. The highest BCUT2D eigenvalue weighted by atomic mass is 16.5. The standard InChI is InChI=1S/C25H31N5O2/c26-25-22(20-15-29-30(16-20)8-9-31)13-19(14-28-25)18-3-4-21(17-5-10-32-11-6-17)23(12-18)24-2-1-7-27-24/h3-4,12-17,24,27,31H,1-2,5-11H2,(H2,26,28)/t24-/m0/s1. The first kappa shape index (κ1) is 21.1. The number of nitrogens with zero attached hydrogens (tertiary/aromatic N) is 3. The minimum Gasteiger partial charge on any atom is -0.394 e. The van der Waals surface area contributed by atoms with E-state index in [1.807, 2.05) is 12.4 Å². The van der Waals surface area contributed by atoms with E-state index >= 15 is 0 Å². The Morgan fingerprint density at radius 2 is 1.94 bits per heavy atom. The molecule has 2 fully saturated rings. The van der Waals surface area contributed by atoms with Crippen LogP contribution in [0.5, 0.6) is 0 Å². The molecule has 1 atom stereocenters. The van der Waals surface area contributed by atoms with E-state index in [-0.39, 0.29) is 6.61 Å². The topological polar surface area (TPSA) is 98.2 Å². The maximum absolute atomic E-state index is 9.17. The zero-order valence-electron chi connectivity index (χ0n) is 18.3. The number of aromatic nitrogens is 3. The lowest BCUT2D eigenvalue weighted by molar-refractivity contribution is 0.0851. The fraction of sp³-hybridized carbons (Fsp3) is 0.440. The summed E-state index contributed by atoms with van der Waals surface area (Å²) in [5, 5.41) is 17.2. The number of pyridine rings is 1. The summed E-state index contributed by atoms with van der Waals surface area (Å²) in [4.78, 5) is 4.49. The molecule has 0 bridgehead atoms. The maximum atomic E-state index is 9.17. The molecule has 32 heavy (non-hydrogen) atoms. The molecule has 2 aromatic heterocycles. The normalized spacial score (nSPS) is 19.5. The van der Waals surface area contributed by atoms with Gasteiger partial charge >= 0.3 is 0 Å². The number of aliphatic hydroxyl groups is 1. The van der Waals surface area contributed by atoms with Gasteiger partial charge in [-0.05, 0) is 67.0 Å². The lowest BCUT2D eigenvalue weighted by Gasteiger charge is -2.27. The van der Waals surface area contributed by atoms with E-state index in [9.17, 15) is 0 Å². The quantitative estimate of drug-likeness (QED) is 0.550. The second-order valence-electron chi connectivity index (χ2n) is 8.75. The highest BCUT2D eigenvalue weighted by Gasteiger charge is 2.25. The first-order chi connectivity index (χ1) is 15.7. The molecule has 168 valence electrons. The number of anilines is 1. The van der Waals surface area contributed by atoms with Gasteiger partial charge in [-0.1, -0.05) is 12.1 Å². The largest absolute Gasteiger partial charge is 0.394 e. The van der Waals surface area contributed by atoms with Gasteiger partial charge in [0, 0.05) is 48.3 Å². The van der Waals surface area contributed by atoms with Crippen LogP contribution in [-0.2, 0) is 11.3 Å². The van der Waals surface area contributed by atoms with E-state index in [4.69, 9.17) is 15.6 Å². The third-order valence-electron chi connectivity index (χ3n) is 6.71. The number of nitrogen functional groups attached to an aromatic ring is 1. The summed E-state index contributed by atoms with van der Waals surface area (Å²) >= 11 is 0. The summed E-state index contributed by atoms with van der Waals surface area (Å²) in [6.07, 6.45) is 10.1. The minimum atomic E-state index is 0.0480. The Morgan fingerprint density at radius 3 is 2.72 bits per heavy atom. The summed E-state index contributed by atoms with van der Waals surface area (Å²) in [6.45, 7) is 3.27. The smallest absolute Gasteiger partial charge is 0.131 e. The van der Waals surface area contributed by atoms with Crippen molar-refractivity contribution in [3.63, 3.8) is 0 Å². The maximum Gasteiger partial charge on any atom is 0.131 e. The van der Waals surface area contributed by atoms with Gasteiger partial charge in [-0.3, -0.25) is 4.68 Å². The van der Waals surface area contributed by atoms with Crippen LogP contribution in [0.15, 0.2) is 42.9 Å². The monoisotopic (exact) mass is 433 g/mol. The van der Waals surface area contributed by atoms with Crippen LogP contribution in [0.4, 0.5) is 5.82 Å². The van der Waals surface area contributed by atoms with Gasteiger partial charge in [-0.15, -0.1) is 0 Å². The molecule has 0 saturated carbocycles. The first-order valence-corrected chi connectivity index (χ1v) is 11.6. The van der Waals surface area contributed by atoms with Gasteiger partial charge in [0.1, 0.15) is 5.82 Å². The SMILES string of the molecule is Nc1ncc(-c2ccc(C3CCOCC3)c([C@@H]3CCCN3)c2)cc1-c1cnn(CCO)c1. The van der Waals surface area contributed by atoms with Gasteiger partial charge in [0.15, 0.2) is 0 Å². The van der Waals surface area contributed by atoms with Crippen molar-refractivity contribution in [1.82, 2.24) is 20.1 Å². The number of hydrogen-bond donors (Lipinski definition) is 3. The molecular weight excluding hydrogens is 402 g/mol. The average molecular weight is 434 g/mol. The Labute approximate surface area is 188 Å². The van der Waals surface area contributed by atoms with Crippen LogP contribution in [0.3, 0.4) is 0 Å². The van der Waals surface area contributed by atoms with Gasteiger partial charge in [0.05, 0.1) is 19.3 Å². The number of nitrogens with one attached hydrogen (secondary N) is 1. The van der Waals surface area contributed by atoms with Gasteiger partial charge in [-0.25, -0.2) is 4.98 Å². The lowest BCUT2D eigenvalue weighted by atomic mass is 9.84. The summed E-state index contributed by atoms with van der Waals surface area (Å²) in [6, 6.07) is 9.38. The number of hydrogen-bond acceptors (Lipinski definition) is 6. The van der Waals surface area contributed by atoms with E-state index < -0.39 is 0 Å². The molecular formula is C25H31N5O2. The Bertz CT molecular complexity index is 1070. The number of aliphatic hydroxyl groups excluding tert-OH is 1. The third-order valence-corrected chi connectivity index (χ3v) is 6.71. The fourth-order valence-corrected chi connectivity index (χ4v) is 4.98. The van der Waals surface area contributed by atoms with Crippen molar-refractivity contribution in [2.24, 2.45) is 0 Å². The van der Waals surface area contributed by atoms with E-state index in [2.05, 4.69) is 39.7 Å². The van der Waals surface area contributed by atoms with E-state index in [0.29, 0.717) is 24.3 Å². The van der Waals surface area contributed by atoms with Crippen LogP contribution in [-0.4, -0.2) is 46.2 Å². The molecule has 0 aliphatic carbocycles. The average Bonchev–Trinajstić information content (AvgIpc) is 3.53. The van der Waals surface area contributed by atoms with Crippen LogP contribution in [0, 0.1) is 0 Å². The Kier molecular flexibility index (Phi) is 6.21. The third kappa shape index (κ3) is 4.28. The van der Waals surface area contributed by atoms with Crippen molar-refractivity contribution in [1.29, 1.82) is 0 Å². The molecule has 0 spiro atoms. The number of ether oxygens (including phenoxy) is 1. The molecule has 3 aromatic rings. The van der Waals surface area contributed by atoms with Gasteiger partial charge in [-0.2, -0.15) is 5.10 Å². The van der Waals surface area contributed by atoms with E-state index in [1.165, 1.54) is 24.0 Å². The van der Waals surface area contributed by atoms with Crippen LogP contribution in [0.2, 0.25) is 0 Å². The van der Waals surface area contributed by atoms with E-state index in [0.717, 1.165) is 54.9 Å². The number of benzene rings is 1. The number of rotatable bonds is 6. The van der Waals surface area contributed by atoms with Crippen LogP contribution in [0.1, 0.15) is 48.8 Å². The van der Waals surface area contributed by atoms with Crippen molar-refractivity contribution in [3.05, 3.63) is 54.0 Å². The van der Waals surface area contributed by atoms with Crippen molar-refractivity contribution in [2.75, 3.05) is 32.1 Å². The molecule has 0 radical (unpaired) electrons. The van der Waals surface area contributed by atoms with Crippen molar-refractivity contribution >= 4 is 5.82 Å². The minimum absolute atomic E-state index is 0.0480. The predicted molar refractivity (Wildman–Crippen MR) is 125 cm³/mol. The molecule has 2 aliphatic heterocycles. The van der Waals surface area contributed by atoms with Gasteiger partial charge in [0.2, 0.25) is 0 Å². The van der Waals surface area contributed by atoms with Crippen LogP contribution < -0.4 is 11.1 Å². The molecule has 7 heteroatoms. The van der Waals surface area contributed by atoms with Gasteiger partial charge < -0.3 is 20.9 Å². The highest BCUT2D eigenvalue weighted by Crippen LogP contribution is 2.38. The fourth-order valence-electron chi connectivity index (χ4n) is 4.98. The summed E-state index contributed by atoms with van der Waals surface area (Å²) < 4.78 is 7.32. The summed E-state index contributed by atoms with van der Waals surface area (Å²) in [7, 11) is 0. The molecule has 0 amide bonds. The second-order valence-corrected chi connectivity index (χ2v) is 8.75. The van der Waals surface area contributed by atoms with E-state index in [1.54, 1.807) is 10.9 Å². The van der Waals surface area contributed by atoms with Crippen molar-refractivity contribution in [3.8, 4) is 22.3 Å². The molecule has 7 nitrogen and oxygen atoms in total. The summed E-state index contributed by atoms with van der Waals surface area (Å²) in [5.41, 5.74) is 13.1. The molecule has 0 unspecified atom stereocenters. The molecule has 2 aliphatic rings.